The number of likely N-dealkylation sites (tertiary alicyclic amines) is 1. The minimum Gasteiger partial charge on any atom is -0.341 e. The predicted molar refractivity (Wildman–Crippen MR) is 74.4 cm³/mol. The quantitative estimate of drug-likeness (QED) is 0.815. The number of amides is 1. The Balaban J connectivity index is 1.88. The molecular formula is C15H28N2O. The summed E-state index contributed by atoms with van der Waals surface area (Å²) in [5, 5.41) is 3.57. The lowest BCUT2D eigenvalue weighted by molar-refractivity contribution is -0.135. The molecule has 104 valence electrons. The van der Waals surface area contributed by atoms with Crippen LogP contribution in [0, 0.1) is 11.8 Å². The molecule has 1 unspecified atom stereocenters. The van der Waals surface area contributed by atoms with Crippen LogP contribution >= 0.6 is 0 Å². The molecule has 18 heavy (non-hydrogen) atoms. The van der Waals surface area contributed by atoms with Crippen molar-refractivity contribution in [1.82, 2.24) is 10.2 Å². The van der Waals surface area contributed by atoms with Crippen molar-refractivity contribution in [3.05, 3.63) is 0 Å². The Morgan fingerprint density at radius 1 is 1.39 bits per heavy atom. The average molecular weight is 252 g/mol. The summed E-state index contributed by atoms with van der Waals surface area (Å²) in [6.45, 7) is 7.44. The first kappa shape index (κ1) is 13.9. The van der Waals surface area contributed by atoms with Crippen LogP contribution in [-0.4, -0.2) is 36.5 Å². The Morgan fingerprint density at radius 2 is 2.22 bits per heavy atom. The van der Waals surface area contributed by atoms with Crippen LogP contribution in [0.15, 0.2) is 0 Å². The molecule has 0 radical (unpaired) electrons. The summed E-state index contributed by atoms with van der Waals surface area (Å²) in [4.78, 5) is 14.7. The summed E-state index contributed by atoms with van der Waals surface area (Å²) < 4.78 is 0. The molecule has 0 saturated carbocycles. The van der Waals surface area contributed by atoms with Gasteiger partial charge >= 0.3 is 0 Å². The third kappa shape index (κ3) is 3.05. The van der Waals surface area contributed by atoms with E-state index in [1.165, 1.54) is 25.7 Å². The minimum atomic E-state index is 0.269. The van der Waals surface area contributed by atoms with E-state index in [4.69, 9.17) is 0 Å². The molecule has 0 aromatic rings. The lowest BCUT2D eigenvalue weighted by Gasteiger charge is -2.24. The van der Waals surface area contributed by atoms with Gasteiger partial charge in [-0.3, -0.25) is 4.79 Å². The van der Waals surface area contributed by atoms with E-state index in [9.17, 15) is 4.79 Å². The highest BCUT2D eigenvalue weighted by atomic mass is 16.2. The smallest absolute Gasteiger partial charge is 0.225 e. The van der Waals surface area contributed by atoms with E-state index in [0.29, 0.717) is 17.9 Å². The number of nitrogens with one attached hydrogen (secondary N) is 1. The molecule has 1 N–H and O–H groups in total. The van der Waals surface area contributed by atoms with Crippen LogP contribution in [0.25, 0.3) is 0 Å². The molecule has 2 heterocycles. The molecule has 2 aliphatic heterocycles. The van der Waals surface area contributed by atoms with Crippen molar-refractivity contribution >= 4 is 5.91 Å². The summed E-state index contributed by atoms with van der Waals surface area (Å²) in [7, 11) is 0. The topological polar surface area (TPSA) is 32.3 Å². The van der Waals surface area contributed by atoms with Gasteiger partial charge in [-0.15, -0.1) is 0 Å². The van der Waals surface area contributed by atoms with Crippen LogP contribution in [-0.2, 0) is 4.79 Å². The molecule has 3 nitrogen and oxygen atoms in total. The Kier molecular flexibility index (Phi) is 5.04. The zero-order valence-corrected chi connectivity index (χ0v) is 12.0. The molecule has 2 aliphatic rings. The molecule has 0 aliphatic carbocycles. The number of nitrogens with zero attached hydrogens (tertiary/aromatic N) is 1. The number of carbonyl (C=O) groups is 1. The second kappa shape index (κ2) is 6.55. The van der Waals surface area contributed by atoms with Gasteiger partial charge in [0.15, 0.2) is 0 Å². The number of fused-ring (bicyclic) bond motifs is 1. The largest absolute Gasteiger partial charge is 0.341 e. The third-order valence-corrected chi connectivity index (χ3v) is 4.66. The SMILES string of the molecule is CCCCC(CC)C(=O)N1C[C@@H]2CCCN[C@@H]2C1. The number of rotatable bonds is 5. The van der Waals surface area contributed by atoms with Crippen molar-refractivity contribution in [3.8, 4) is 0 Å². The first-order valence-electron chi connectivity index (χ1n) is 7.78. The van der Waals surface area contributed by atoms with Crippen LogP contribution in [0.4, 0.5) is 0 Å². The van der Waals surface area contributed by atoms with Crippen LogP contribution in [0.3, 0.4) is 0 Å². The first-order valence-corrected chi connectivity index (χ1v) is 7.78. The van der Waals surface area contributed by atoms with Gasteiger partial charge in [-0.25, -0.2) is 0 Å². The summed E-state index contributed by atoms with van der Waals surface area (Å²) >= 11 is 0. The highest BCUT2D eigenvalue weighted by Gasteiger charge is 2.37. The van der Waals surface area contributed by atoms with Crippen molar-refractivity contribution in [2.75, 3.05) is 19.6 Å². The highest BCUT2D eigenvalue weighted by Crippen LogP contribution is 2.27. The Bertz CT molecular complexity index is 266. The van der Waals surface area contributed by atoms with E-state index in [1.54, 1.807) is 0 Å². The maximum Gasteiger partial charge on any atom is 0.225 e. The molecule has 3 atom stereocenters. The number of piperidine rings is 1. The molecular weight excluding hydrogens is 224 g/mol. The molecule has 2 fully saturated rings. The monoisotopic (exact) mass is 252 g/mol. The highest BCUT2D eigenvalue weighted by molar-refractivity contribution is 5.79. The minimum absolute atomic E-state index is 0.269. The van der Waals surface area contributed by atoms with E-state index in [0.717, 1.165) is 32.5 Å². The van der Waals surface area contributed by atoms with Crippen molar-refractivity contribution < 1.29 is 4.79 Å². The standard InChI is InChI=1S/C15H28N2O/c1-3-5-7-12(4-2)15(18)17-10-13-8-6-9-16-14(13)11-17/h12-14,16H,3-11H2,1-2H3/t12?,13-,14+/m0/s1. The van der Waals surface area contributed by atoms with E-state index >= 15 is 0 Å². The maximum absolute atomic E-state index is 12.5. The van der Waals surface area contributed by atoms with Crippen LogP contribution in [0.5, 0.6) is 0 Å². The molecule has 0 aromatic heterocycles. The molecule has 3 heteroatoms. The second-order valence-corrected chi connectivity index (χ2v) is 5.95. The normalized spacial score (nSPS) is 29.1. The van der Waals surface area contributed by atoms with Gasteiger partial charge in [0.05, 0.1) is 0 Å². The van der Waals surface area contributed by atoms with Gasteiger partial charge in [0.2, 0.25) is 5.91 Å². The Labute approximate surface area is 111 Å². The van der Waals surface area contributed by atoms with E-state index in [1.807, 2.05) is 0 Å². The summed E-state index contributed by atoms with van der Waals surface area (Å²) in [6.07, 6.45) is 7.02. The molecule has 2 rings (SSSR count). The number of unbranched alkanes of at least 4 members (excludes halogenated alkanes) is 1. The molecule has 1 amide bonds. The van der Waals surface area contributed by atoms with Crippen LogP contribution < -0.4 is 5.32 Å². The van der Waals surface area contributed by atoms with Crippen molar-refractivity contribution in [2.24, 2.45) is 11.8 Å². The fraction of sp³-hybridized carbons (Fsp3) is 0.933. The van der Waals surface area contributed by atoms with Gasteiger partial charge in [-0.05, 0) is 38.1 Å². The van der Waals surface area contributed by atoms with E-state index < -0.39 is 0 Å². The van der Waals surface area contributed by atoms with Crippen LogP contribution in [0.1, 0.15) is 52.4 Å². The van der Waals surface area contributed by atoms with Crippen LogP contribution in [0.2, 0.25) is 0 Å². The van der Waals surface area contributed by atoms with Crippen molar-refractivity contribution in [2.45, 2.75) is 58.4 Å². The van der Waals surface area contributed by atoms with Gasteiger partial charge in [0.1, 0.15) is 0 Å². The molecule has 0 bridgehead atoms. The molecule has 0 aromatic carbocycles. The Hall–Kier alpha value is -0.570. The summed E-state index contributed by atoms with van der Waals surface area (Å²) in [5.74, 6) is 1.40. The lowest BCUT2D eigenvalue weighted by Crippen LogP contribution is -2.41. The van der Waals surface area contributed by atoms with Gasteiger partial charge in [0, 0.05) is 25.0 Å². The fourth-order valence-corrected chi connectivity index (χ4v) is 3.44. The van der Waals surface area contributed by atoms with Gasteiger partial charge in [-0.1, -0.05) is 26.7 Å². The summed E-state index contributed by atoms with van der Waals surface area (Å²) in [6, 6.07) is 0.575. The van der Waals surface area contributed by atoms with Gasteiger partial charge < -0.3 is 10.2 Å². The van der Waals surface area contributed by atoms with E-state index in [-0.39, 0.29) is 5.92 Å². The lowest BCUT2D eigenvalue weighted by atomic mass is 9.94. The molecule has 0 spiro atoms. The molecule has 2 saturated heterocycles. The number of carbonyl (C=O) groups excluding carboxylic acids is 1. The maximum atomic E-state index is 12.5. The van der Waals surface area contributed by atoms with Crippen molar-refractivity contribution in [3.63, 3.8) is 0 Å². The zero-order chi connectivity index (χ0) is 13.0. The number of hydrogen-bond acceptors (Lipinski definition) is 2. The first-order chi connectivity index (χ1) is 8.76. The number of hydrogen-bond donors (Lipinski definition) is 1. The predicted octanol–water partition coefficient (Wildman–Crippen LogP) is 2.41. The van der Waals surface area contributed by atoms with E-state index in [2.05, 4.69) is 24.1 Å². The zero-order valence-electron chi connectivity index (χ0n) is 12.0. The van der Waals surface area contributed by atoms with Gasteiger partial charge in [-0.2, -0.15) is 0 Å². The third-order valence-electron chi connectivity index (χ3n) is 4.66. The fourth-order valence-electron chi connectivity index (χ4n) is 3.44. The second-order valence-electron chi connectivity index (χ2n) is 5.95. The van der Waals surface area contributed by atoms with Gasteiger partial charge in [0.25, 0.3) is 0 Å². The Morgan fingerprint density at radius 3 is 2.89 bits per heavy atom. The average Bonchev–Trinajstić information content (AvgIpc) is 2.83. The van der Waals surface area contributed by atoms with Crippen molar-refractivity contribution in [1.29, 1.82) is 0 Å². The summed E-state index contributed by atoms with van der Waals surface area (Å²) in [5.41, 5.74) is 0.